The summed E-state index contributed by atoms with van der Waals surface area (Å²) < 4.78 is 0. The number of rotatable bonds is 5. The maximum Gasteiger partial charge on any atom is 0.241 e. The number of benzene rings is 1. The van der Waals surface area contributed by atoms with E-state index in [1.54, 1.807) is 18.2 Å². The Morgan fingerprint density at radius 2 is 1.83 bits per heavy atom. The number of fused-ring (bicyclic) bond motifs is 2. The highest BCUT2D eigenvalue weighted by Gasteiger charge is 2.42. The normalized spacial score (nSPS) is 28.6. The van der Waals surface area contributed by atoms with Crippen LogP contribution in [0.25, 0.3) is 0 Å². The summed E-state index contributed by atoms with van der Waals surface area (Å²) >= 11 is 11.9. The summed E-state index contributed by atoms with van der Waals surface area (Å²) in [7, 11) is 0. The van der Waals surface area contributed by atoms with Gasteiger partial charge in [0.1, 0.15) is 0 Å². The van der Waals surface area contributed by atoms with E-state index in [0.29, 0.717) is 27.7 Å². The molecule has 2 fully saturated rings. The topological polar surface area (TPSA) is 41.1 Å². The van der Waals surface area contributed by atoms with E-state index >= 15 is 0 Å². The molecule has 3 rings (SSSR count). The van der Waals surface area contributed by atoms with Gasteiger partial charge in [-0.2, -0.15) is 0 Å². The molecule has 0 spiro atoms. The Labute approximate surface area is 148 Å². The largest absolute Gasteiger partial charge is 0.325 e. The standard InChI is InChI=1S/C18H24Cl2N2O/c1-10(17-6-12-3-4-13(17)5-12)21-11(2)18(23)22-16-8-14(19)7-15(20)9-16/h7-13,17,21H,3-6H2,1-2H3,(H,22,23)/t10-,11-,12-,13-,17+/m0/s1. The fourth-order valence-electron chi connectivity index (χ4n) is 4.38. The van der Waals surface area contributed by atoms with Crippen LogP contribution in [0, 0.1) is 17.8 Å². The van der Waals surface area contributed by atoms with Crippen LogP contribution in [0.3, 0.4) is 0 Å². The Bertz CT molecular complexity index is 572. The zero-order chi connectivity index (χ0) is 16.6. The number of hydrogen-bond acceptors (Lipinski definition) is 2. The van der Waals surface area contributed by atoms with Crippen molar-refractivity contribution in [2.45, 2.75) is 51.6 Å². The summed E-state index contributed by atoms with van der Waals surface area (Å²) in [5.74, 6) is 2.43. The van der Waals surface area contributed by atoms with Crippen molar-refractivity contribution in [2.75, 3.05) is 5.32 Å². The van der Waals surface area contributed by atoms with Crippen LogP contribution in [-0.2, 0) is 4.79 Å². The van der Waals surface area contributed by atoms with Crippen molar-refractivity contribution in [2.24, 2.45) is 17.8 Å². The fourth-order valence-corrected chi connectivity index (χ4v) is 4.90. The molecule has 0 unspecified atom stereocenters. The van der Waals surface area contributed by atoms with Crippen LogP contribution in [0.4, 0.5) is 5.69 Å². The second kappa shape index (κ2) is 7.00. The first-order valence-electron chi connectivity index (χ1n) is 8.45. The molecule has 126 valence electrons. The molecule has 2 saturated carbocycles. The minimum atomic E-state index is -0.248. The lowest BCUT2D eigenvalue weighted by atomic mass is 9.84. The van der Waals surface area contributed by atoms with Gasteiger partial charge in [0.05, 0.1) is 6.04 Å². The van der Waals surface area contributed by atoms with Crippen molar-refractivity contribution in [3.05, 3.63) is 28.2 Å². The Kier molecular flexibility index (Phi) is 5.19. The molecule has 0 radical (unpaired) electrons. The van der Waals surface area contributed by atoms with Crippen LogP contribution in [0.15, 0.2) is 18.2 Å². The van der Waals surface area contributed by atoms with E-state index in [2.05, 4.69) is 17.6 Å². The van der Waals surface area contributed by atoms with Crippen molar-refractivity contribution >= 4 is 34.8 Å². The van der Waals surface area contributed by atoms with Crippen molar-refractivity contribution < 1.29 is 4.79 Å². The summed E-state index contributed by atoms with van der Waals surface area (Å²) in [5.41, 5.74) is 0.633. The molecule has 2 N–H and O–H groups in total. The molecule has 0 aliphatic heterocycles. The molecule has 5 atom stereocenters. The number of nitrogens with one attached hydrogen (secondary N) is 2. The molecule has 1 aromatic rings. The summed E-state index contributed by atoms with van der Waals surface area (Å²) in [6.45, 7) is 4.12. The third-order valence-corrected chi connectivity index (χ3v) is 5.91. The molecule has 2 aliphatic carbocycles. The lowest BCUT2D eigenvalue weighted by molar-refractivity contribution is -0.118. The van der Waals surface area contributed by atoms with Gasteiger partial charge in [-0.05, 0) is 69.1 Å². The summed E-state index contributed by atoms with van der Waals surface area (Å²) in [6.07, 6.45) is 5.47. The Balaban J connectivity index is 1.55. The Hall–Kier alpha value is -0.770. The zero-order valence-corrected chi connectivity index (χ0v) is 15.1. The van der Waals surface area contributed by atoms with Crippen LogP contribution in [-0.4, -0.2) is 18.0 Å². The highest BCUT2D eigenvalue weighted by atomic mass is 35.5. The highest BCUT2D eigenvalue weighted by molar-refractivity contribution is 6.35. The van der Waals surface area contributed by atoms with Crippen LogP contribution >= 0.6 is 23.2 Å². The first kappa shape index (κ1) is 17.1. The van der Waals surface area contributed by atoms with Crippen molar-refractivity contribution in [1.29, 1.82) is 0 Å². The van der Waals surface area contributed by atoms with E-state index in [-0.39, 0.29) is 11.9 Å². The first-order chi connectivity index (χ1) is 10.9. The van der Waals surface area contributed by atoms with Gasteiger partial charge in [0.25, 0.3) is 0 Å². The third kappa shape index (κ3) is 4.01. The number of carbonyl (C=O) groups is 1. The molecular formula is C18H24Cl2N2O. The van der Waals surface area contributed by atoms with E-state index < -0.39 is 0 Å². The summed E-state index contributed by atoms with van der Waals surface area (Å²) in [6, 6.07) is 5.18. The van der Waals surface area contributed by atoms with Crippen molar-refractivity contribution in [3.8, 4) is 0 Å². The van der Waals surface area contributed by atoms with E-state index in [1.165, 1.54) is 25.7 Å². The number of hydrogen-bond donors (Lipinski definition) is 2. The second-order valence-electron chi connectivity index (χ2n) is 7.16. The molecule has 3 nitrogen and oxygen atoms in total. The van der Waals surface area contributed by atoms with Gasteiger partial charge in [-0.3, -0.25) is 4.79 Å². The van der Waals surface area contributed by atoms with Gasteiger partial charge in [0.2, 0.25) is 5.91 Å². The third-order valence-electron chi connectivity index (χ3n) is 5.47. The lowest BCUT2D eigenvalue weighted by Gasteiger charge is -2.30. The SMILES string of the molecule is C[C@H](N[C@@H](C)[C@H]1C[C@H]2CC[C@H]1C2)C(=O)Nc1cc(Cl)cc(Cl)c1. The van der Waals surface area contributed by atoms with Gasteiger partial charge in [-0.25, -0.2) is 0 Å². The zero-order valence-electron chi connectivity index (χ0n) is 13.6. The van der Waals surface area contributed by atoms with Gasteiger partial charge < -0.3 is 10.6 Å². The summed E-state index contributed by atoms with van der Waals surface area (Å²) in [5, 5.41) is 7.40. The second-order valence-corrected chi connectivity index (χ2v) is 8.04. The average molecular weight is 355 g/mol. The average Bonchev–Trinajstić information content (AvgIpc) is 3.08. The maximum atomic E-state index is 12.4. The van der Waals surface area contributed by atoms with Crippen LogP contribution in [0.5, 0.6) is 0 Å². The smallest absolute Gasteiger partial charge is 0.241 e. The predicted molar refractivity (Wildman–Crippen MR) is 96.1 cm³/mol. The molecule has 1 aromatic carbocycles. The molecule has 5 heteroatoms. The van der Waals surface area contributed by atoms with Crippen molar-refractivity contribution in [1.82, 2.24) is 5.32 Å². The van der Waals surface area contributed by atoms with Gasteiger partial charge >= 0.3 is 0 Å². The first-order valence-corrected chi connectivity index (χ1v) is 9.21. The Morgan fingerprint density at radius 3 is 2.39 bits per heavy atom. The molecule has 0 heterocycles. The Morgan fingerprint density at radius 1 is 1.13 bits per heavy atom. The van der Waals surface area contributed by atoms with Crippen LogP contribution in [0.1, 0.15) is 39.5 Å². The molecule has 2 bridgehead atoms. The highest BCUT2D eigenvalue weighted by Crippen LogP contribution is 2.49. The fraction of sp³-hybridized carbons (Fsp3) is 0.611. The molecule has 23 heavy (non-hydrogen) atoms. The lowest BCUT2D eigenvalue weighted by Crippen LogP contribution is -2.46. The van der Waals surface area contributed by atoms with Gasteiger partial charge in [-0.15, -0.1) is 0 Å². The minimum Gasteiger partial charge on any atom is -0.325 e. The van der Waals surface area contributed by atoms with Crippen LogP contribution < -0.4 is 10.6 Å². The molecular weight excluding hydrogens is 331 g/mol. The molecule has 2 aliphatic rings. The number of carbonyl (C=O) groups excluding carboxylic acids is 1. The monoisotopic (exact) mass is 354 g/mol. The molecule has 0 aromatic heterocycles. The number of anilines is 1. The van der Waals surface area contributed by atoms with E-state index in [9.17, 15) is 4.79 Å². The van der Waals surface area contributed by atoms with E-state index in [4.69, 9.17) is 23.2 Å². The van der Waals surface area contributed by atoms with Crippen LogP contribution in [0.2, 0.25) is 10.0 Å². The van der Waals surface area contributed by atoms with Gasteiger partial charge in [0.15, 0.2) is 0 Å². The van der Waals surface area contributed by atoms with Crippen molar-refractivity contribution in [3.63, 3.8) is 0 Å². The number of halogens is 2. The molecule has 1 amide bonds. The van der Waals surface area contributed by atoms with E-state index in [0.717, 1.165) is 11.8 Å². The van der Waals surface area contributed by atoms with Gasteiger partial charge in [0, 0.05) is 21.8 Å². The molecule has 0 saturated heterocycles. The quantitative estimate of drug-likeness (QED) is 0.801. The number of amides is 1. The maximum absolute atomic E-state index is 12.4. The van der Waals surface area contributed by atoms with Gasteiger partial charge in [-0.1, -0.05) is 29.6 Å². The van der Waals surface area contributed by atoms with E-state index in [1.807, 2.05) is 6.92 Å². The summed E-state index contributed by atoms with van der Waals surface area (Å²) in [4.78, 5) is 12.4. The minimum absolute atomic E-state index is 0.0571. The predicted octanol–water partition coefficient (Wildman–Crippen LogP) is 4.73.